The molecule has 3 aromatic rings. The van der Waals surface area contributed by atoms with E-state index in [1.54, 1.807) is 30.5 Å². The fourth-order valence-electron chi connectivity index (χ4n) is 2.40. The number of urea groups is 1. The minimum Gasteiger partial charge on any atom is -0.398 e. The third kappa shape index (κ3) is 4.02. The molecule has 7 heteroatoms. The zero-order valence-electron chi connectivity index (χ0n) is 14.2. The molecular formula is C19H18N6O. The maximum Gasteiger partial charge on any atom is 0.324 e. The molecule has 0 fully saturated rings. The molecule has 0 unspecified atom stereocenters. The SMILES string of the molecule is Cc1cc(C(=N)c2cnc(NC(=O)Nc3ccccc3)cc2N)ccn1. The molecule has 0 atom stereocenters. The van der Waals surface area contributed by atoms with Gasteiger partial charge in [0.05, 0.1) is 5.71 Å². The molecule has 5 N–H and O–H groups in total. The topological polar surface area (TPSA) is 117 Å². The maximum atomic E-state index is 12.0. The third-order valence-corrected chi connectivity index (χ3v) is 3.66. The van der Waals surface area contributed by atoms with Gasteiger partial charge in [-0.05, 0) is 31.2 Å². The third-order valence-electron chi connectivity index (χ3n) is 3.66. The lowest BCUT2D eigenvalue weighted by molar-refractivity contribution is 0.262. The maximum absolute atomic E-state index is 12.0. The summed E-state index contributed by atoms with van der Waals surface area (Å²) in [6.45, 7) is 1.86. The van der Waals surface area contributed by atoms with Gasteiger partial charge in [-0.3, -0.25) is 15.7 Å². The molecule has 26 heavy (non-hydrogen) atoms. The number of aromatic nitrogens is 2. The van der Waals surface area contributed by atoms with Gasteiger partial charge in [-0.25, -0.2) is 9.78 Å². The molecule has 2 aromatic heterocycles. The number of rotatable bonds is 4. The molecule has 0 bridgehead atoms. The van der Waals surface area contributed by atoms with Crippen molar-refractivity contribution in [3.05, 3.63) is 77.7 Å². The highest BCUT2D eigenvalue weighted by atomic mass is 16.2. The van der Waals surface area contributed by atoms with Gasteiger partial charge in [0.25, 0.3) is 0 Å². The van der Waals surface area contributed by atoms with Gasteiger partial charge in [0.15, 0.2) is 0 Å². The number of anilines is 3. The highest BCUT2D eigenvalue weighted by Gasteiger charge is 2.12. The summed E-state index contributed by atoms with van der Waals surface area (Å²) in [5.74, 6) is 0.304. The number of amides is 2. The minimum absolute atomic E-state index is 0.251. The van der Waals surface area contributed by atoms with Crippen LogP contribution in [0, 0.1) is 12.3 Å². The quantitative estimate of drug-likeness (QED) is 0.541. The van der Waals surface area contributed by atoms with Crippen molar-refractivity contribution in [2.24, 2.45) is 0 Å². The van der Waals surface area contributed by atoms with Crippen LogP contribution in [-0.4, -0.2) is 21.7 Å². The van der Waals surface area contributed by atoms with Gasteiger partial charge < -0.3 is 11.1 Å². The minimum atomic E-state index is -0.421. The molecule has 0 aliphatic heterocycles. The van der Waals surface area contributed by atoms with Crippen molar-refractivity contribution < 1.29 is 4.79 Å². The Bertz CT molecular complexity index is 955. The van der Waals surface area contributed by atoms with E-state index < -0.39 is 6.03 Å². The molecule has 0 aliphatic rings. The van der Waals surface area contributed by atoms with Gasteiger partial charge in [0.1, 0.15) is 5.82 Å². The summed E-state index contributed by atoms with van der Waals surface area (Å²) >= 11 is 0. The first-order chi connectivity index (χ1) is 12.5. The molecule has 2 amide bonds. The summed E-state index contributed by atoms with van der Waals surface area (Å²) in [7, 11) is 0. The molecule has 0 radical (unpaired) electrons. The first-order valence-electron chi connectivity index (χ1n) is 7.93. The Kier molecular flexibility index (Phi) is 4.89. The number of aryl methyl sites for hydroxylation is 1. The van der Waals surface area contributed by atoms with Crippen molar-refractivity contribution in [2.45, 2.75) is 6.92 Å². The second-order valence-corrected chi connectivity index (χ2v) is 5.66. The lowest BCUT2D eigenvalue weighted by Gasteiger charge is -2.11. The highest BCUT2D eigenvalue weighted by Crippen LogP contribution is 2.19. The van der Waals surface area contributed by atoms with Crippen molar-refractivity contribution in [1.29, 1.82) is 5.41 Å². The zero-order valence-corrected chi connectivity index (χ0v) is 14.2. The first kappa shape index (κ1) is 17.1. The van der Waals surface area contributed by atoms with Crippen LogP contribution < -0.4 is 16.4 Å². The van der Waals surface area contributed by atoms with Gasteiger partial charge in [-0.1, -0.05) is 18.2 Å². The molecule has 3 rings (SSSR count). The predicted molar refractivity (Wildman–Crippen MR) is 103 cm³/mol. The number of hydrogen-bond acceptors (Lipinski definition) is 5. The number of carbonyl (C=O) groups is 1. The second kappa shape index (κ2) is 7.43. The van der Waals surface area contributed by atoms with E-state index >= 15 is 0 Å². The summed E-state index contributed by atoms with van der Waals surface area (Å²) in [6, 6.07) is 13.7. The Labute approximate surface area is 150 Å². The number of carbonyl (C=O) groups excluding carboxylic acids is 1. The van der Waals surface area contributed by atoms with E-state index in [1.165, 1.54) is 12.3 Å². The number of nitrogens with two attached hydrogens (primary N) is 1. The van der Waals surface area contributed by atoms with Crippen molar-refractivity contribution in [3.8, 4) is 0 Å². The molecule has 1 aromatic carbocycles. The van der Waals surface area contributed by atoms with Crippen LogP contribution >= 0.6 is 0 Å². The lowest BCUT2D eigenvalue weighted by Crippen LogP contribution is -2.20. The average Bonchev–Trinajstić information content (AvgIpc) is 2.62. The first-order valence-corrected chi connectivity index (χ1v) is 7.93. The molecule has 2 heterocycles. The summed E-state index contributed by atoms with van der Waals surface area (Å²) in [6.07, 6.45) is 3.12. The van der Waals surface area contributed by atoms with Crippen LogP contribution in [-0.2, 0) is 0 Å². The average molecular weight is 346 g/mol. The fraction of sp³-hybridized carbons (Fsp3) is 0.0526. The van der Waals surface area contributed by atoms with Crippen LogP contribution in [0.2, 0.25) is 0 Å². The van der Waals surface area contributed by atoms with Crippen LogP contribution in [0.4, 0.5) is 22.0 Å². The van der Waals surface area contributed by atoms with Crippen LogP contribution in [0.3, 0.4) is 0 Å². The van der Waals surface area contributed by atoms with E-state index in [1.807, 2.05) is 25.1 Å². The number of benzene rings is 1. The van der Waals surface area contributed by atoms with Crippen LogP contribution in [0.1, 0.15) is 16.8 Å². The monoisotopic (exact) mass is 346 g/mol. The van der Waals surface area contributed by atoms with E-state index in [2.05, 4.69) is 20.6 Å². The number of para-hydroxylation sites is 1. The van der Waals surface area contributed by atoms with Gasteiger partial charge in [-0.2, -0.15) is 0 Å². The van der Waals surface area contributed by atoms with Crippen molar-refractivity contribution >= 4 is 28.9 Å². The fourth-order valence-corrected chi connectivity index (χ4v) is 2.40. The summed E-state index contributed by atoms with van der Waals surface area (Å²) in [5.41, 5.74) is 9.34. The smallest absolute Gasteiger partial charge is 0.324 e. The number of pyridine rings is 2. The standard InChI is InChI=1S/C19H18N6O/c1-12-9-13(7-8-22-12)18(21)15-11-23-17(10-16(15)20)25-19(26)24-14-5-3-2-4-6-14/h2-11,21H,1H3,(H4,20,23,24,25,26). The van der Waals surface area contributed by atoms with Gasteiger partial charge in [0.2, 0.25) is 0 Å². The number of hydrogen-bond donors (Lipinski definition) is 4. The largest absolute Gasteiger partial charge is 0.398 e. The Morgan fingerprint density at radius 1 is 1.08 bits per heavy atom. The van der Waals surface area contributed by atoms with Crippen molar-refractivity contribution in [1.82, 2.24) is 9.97 Å². The van der Waals surface area contributed by atoms with Crippen LogP contribution in [0.15, 0.2) is 60.9 Å². The van der Waals surface area contributed by atoms with E-state index in [0.717, 1.165) is 5.69 Å². The molecule has 0 spiro atoms. The van der Waals surface area contributed by atoms with Crippen molar-refractivity contribution in [2.75, 3.05) is 16.4 Å². The molecular weight excluding hydrogens is 328 g/mol. The Morgan fingerprint density at radius 2 is 1.85 bits per heavy atom. The van der Waals surface area contributed by atoms with Gasteiger partial charge in [0, 0.05) is 46.7 Å². The molecule has 0 aliphatic carbocycles. The van der Waals surface area contributed by atoms with E-state index in [0.29, 0.717) is 28.3 Å². The van der Waals surface area contributed by atoms with Crippen molar-refractivity contribution in [3.63, 3.8) is 0 Å². The highest BCUT2D eigenvalue weighted by molar-refractivity contribution is 6.14. The second-order valence-electron chi connectivity index (χ2n) is 5.66. The summed E-state index contributed by atoms with van der Waals surface area (Å²) < 4.78 is 0. The van der Waals surface area contributed by atoms with E-state index in [-0.39, 0.29) is 5.71 Å². The molecule has 130 valence electrons. The molecule has 7 nitrogen and oxygen atoms in total. The normalized spacial score (nSPS) is 10.2. The summed E-state index contributed by atoms with van der Waals surface area (Å²) in [5, 5.41) is 13.6. The Hall–Kier alpha value is -3.74. The van der Waals surface area contributed by atoms with E-state index in [9.17, 15) is 4.79 Å². The summed E-state index contributed by atoms with van der Waals surface area (Å²) in [4.78, 5) is 20.3. The molecule has 0 saturated heterocycles. The Balaban J connectivity index is 1.73. The number of nitrogens with zero attached hydrogens (tertiary/aromatic N) is 2. The predicted octanol–water partition coefficient (Wildman–Crippen LogP) is 3.43. The number of nitrogens with one attached hydrogen (secondary N) is 3. The molecule has 0 saturated carbocycles. The van der Waals surface area contributed by atoms with Crippen LogP contribution in [0.25, 0.3) is 0 Å². The van der Waals surface area contributed by atoms with E-state index in [4.69, 9.17) is 11.1 Å². The lowest BCUT2D eigenvalue weighted by atomic mass is 10.0. The van der Waals surface area contributed by atoms with Gasteiger partial charge in [-0.15, -0.1) is 0 Å². The number of nitrogen functional groups attached to an aromatic ring is 1. The van der Waals surface area contributed by atoms with Crippen LogP contribution in [0.5, 0.6) is 0 Å². The zero-order chi connectivity index (χ0) is 18.5. The Morgan fingerprint density at radius 3 is 2.54 bits per heavy atom. The van der Waals surface area contributed by atoms with Gasteiger partial charge >= 0.3 is 6.03 Å².